The van der Waals surface area contributed by atoms with Crippen molar-refractivity contribution in [2.75, 3.05) is 0 Å². The number of halogens is 1. The number of nitrogens with zero attached hydrogens (tertiary/aromatic N) is 4. The zero-order valence-electron chi connectivity index (χ0n) is 7.82. The molecule has 2 aromatic heterocycles. The fourth-order valence-corrected chi connectivity index (χ4v) is 1.24. The molecule has 0 bridgehead atoms. The normalized spacial score (nSPS) is 9.54. The van der Waals surface area contributed by atoms with Crippen LogP contribution in [0.2, 0.25) is 0 Å². The monoisotopic (exact) mass is 242 g/mol. The third kappa shape index (κ3) is 1.85. The molecular weight excluding hydrogens is 232 g/mol. The zero-order chi connectivity index (χ0) is 9.84. The smallest absolute Gasteiger partial charge is 0.177 e. The van der Waals surface area contributed by atoms with E-state index in [2.05, 4.69) is 31.1 Å². The Labute approximate surface area is 85.1 Å². The Morgan fingerprint density at radius 3 is 2.69 bits per heavy atom. The van der Waals surface area contributed by atoms with Crippen LogP contribution in [0.15, 0.2) is 17.1 Å². The van der Waals surface area contributed by atoms with E-state index < -0.39 is 0 Å². The van der Waals surface area contributed by atoms with Gasteiger partial charge >= 0.3 is 0 Å². The molecule has 0 atom stereocenters. The van der Waals surface area contributed by atoms with Crippen molar-refractivity contribution in [1.82, 2.24) is 19.6 Å². The molecule has 0 aromatic carbocycles. The second-order valence-corrected chi connectivity index (χ2v) is 3.00. The van der Waals surface area contributed by atoms with Gasteiger partial charge in [0.15, 0.2) is 5.65 Å². The molecule has 2 rings (SSSR count). The maximum absolute atomic E-state index is 4.12. The van der Waals surface area contributed by atoms with Gasteiger partial charge in [-0.2, -0.15) is 0 Å². The van der Waals surface area contributed by atoms with Crippen LogP contribution in [0.4, 0.5) is 0 Å². The standard InChI is InChI=1S/C6H5BrN4.C2H6/c1-4-5(7)6-10-9-3-11(6)2-8-4;1-2/h2-3H,1H3;1-2H3. The second-order valence-electron chi connectivity index (χ2n) is 2.21. The van der Waals surface area contributed by atoms with Gasteiger partial charge in [0.2, 0.25) is 0 Å². The summed E-state index contributed by atoms with van der Waals surface area (Å²) in [6.45, 7) is 5.92. The van der Waals surface area contributed by atoms with Crippen LogP contribution in [0.5, 0.6) is 0 Å². The number of hydrogen-bond donors (Lipinski definition) is 0. The van der Waals surface area contributed by atoms with E-state index in [9.17, 15) is 0 Å². The van der Waals surface area contributed by atoms with Gasteiger partial charge in [-0.25, -0.2) is 4.98 Å². The summed E-state index contributed by atoms with van der Waals surface area (Å²) in [6.07, 6.45) is 3.31. The number of aromatic nitrogens is 4. The van der Waals surface area contributed by atoms with Crippen molar-refractivity contribution in [2.45, 2.75) is 20.8 Å². The Hall–Kier alpha value is -0.970. The molecule has 4 nitrogen and oxygen atoms in total. The fraction of sp³-hybridized carbons (Fsp3) is 0.375. The van der Waals surface area contributed by atoms with Crippen molar-refractivity contribution in [2.24, 2.45) is 0 Å². The van der Waals surface area contributed by atoms with E-state index >= 15 is 0 Å². The van der Waals surface area contributed by atoms with Gasteiger partial charge in [-0.3, -0.25) is 4.40 Å². The third-order valence-corrected chi connectivity index (χ3v) is 2.39. The molecule has 0 fully saturated rings. The molecule has 0 amide bonds. The predicted octanol–water partition coefficient (Wildman–Crippen LogP) is 2.22. The number of fused-ring (bicyclic) bond motifs is 1. The summed E-state index contributed by atoms with van der Waals surface area (Å²) < 4.78 is 2.66. The van der Waals surface area contributed by atoms with Gasteiger partial charge in [-0.1, -0.05) is 13.8 Å². The van der Waals surface area contributed by atoms with Gasteiger partial charge in [0, 0.05) is 0 Å². The highest BCUT2D eigenvalue weighted by molar-refractivity contribution is 9.10. The van der Waals surface area contributed by atoms with E-state index in [-0.39, 0.29) is 0 Å². The first-order valence-corrected chi connectivity index (χ1v) is 4.89. The van der Waals surface area contributed by atoms with Gasteiger partial charge < -0.3 is 0 Å². The summed E-state index contributed by atoms with van der Waals surface area (Å²) >= 11 is 3.37. The van der Waals surface area contributed by atoms with Crippen molar-refractivity contribution in [3.8, 4) is 0 Å². The van der Waals surface area contributed by atoms with Crippen molar-refractivity contribution < 1.29 is 0 Å². The Morgan fingerprint density at radius 1 is 1.31 bits per heavy atom. The first kappa shape index (κ1) is 10.1. The summed E-state index contributed by atoms with van der Waals surface area (Å²) in [5, 5.41) is 7.65. The maximum atomic E-state index is 4.12. The molecule has 0 aliphatic rings. The molecule has 0 radical (unpaired) electrons. The lowest BCUT2D eigenvalue weighted by molar-refractivity contribution is 1.03. The Kier molecular flexibility index (Phi) is 3.36. The Balaban J connectivity index is 0.000000396. The van der Waals surface area contributed by atoms with Crippen LogP contribution in [-0.2, 0) is 0 Å². The van der Waals surface area contributed by atoms with Crippen molar-refractivity contribution in [1.29, 1.82) is 0 Å². The number of aryl methyl sites for hydroxylation is 1. The quantitative estimate of drug-likeness (QED) is 0.712. The van der Waals surface area contributed by atoms with Crippen LogP contribution < -0.4 is 0 Å². The summed E-state index contributed by atoms with van der Waals surface area (Å²) in [5.74, 6) is 0. The van der Waals surface area contributed by atoms with Crippen LogP contribution in [-0.4, -0.2) is 19.6 Å². The summed E-state index contributed by atoms with van der Waals surface area (Å²) in [4.78, 5) is 4.12. The summed E-state index contributed by atoms with van der Waals surface area (Å²) in [7, 11) is 0. The van der Waals surface area contributed by atoms with Crippen molar-refractivity contribution in [3.63, 3.8) is 0 Å². The first-order chi connectivity index (χ1) is 6.29. The van der Waals surface area contributed by atoms with Crippen LogP contribution in [0, 0.1) is 6.92 Å². The predicted molar refractivity (Wildman–Crippen MR) is 54.6 cm³/mol. The summed E-state index contributed by atoms with van der Waals surface area (Å²) in [6, 6.07) is 0. The van der Waals surface area contributed by atoms with E-state index in [1.165, 1.54) is 0 Å². The number of hydrogen-bond acceptors (Lipinski definition) is 3. The molecule has 0 aliphatic heterocycles. The lowest BCUT2D eigenvalue weighted by atomic mass is 10.4. The minimum atomic E-state index is 0.803. The van der Waals surface area contributed by atoms with E-state index in [1.54, 1.807) is 17.1 Å². The van der Waals surface area contributed by atoms with Gasteiger partial charge in [-0.15, -0.1) is 10.2 Å². The first-order valence-electron chi connectivity index (χ1n) is 4.09. The maximum Gasteiger partial charge on any atom is 0.177 e. The summed E-state index contributed by atoms with van der Waals surface area (Å²) in [5.41, 5.74) is 1.73. The molecule has 5 heteroatoms. The third-order valence-electron chi connectivity index (χ3n) is 1.46. The molecule has 70 valence electrons. The average molecular weight is 243 g/mol. The number of rotatable bonds is 0. The van der Waals surface area contributed by atoms with E-state index in [0.29, 0.717) is 0 Å². The molecule has 0 saturated carbocycles. The van der Waals surface area contributed by atoms with E-state index in [4.69, 9.17) is 0 Å². The lowest BCUT2D eigenvalue weighted by Gasteiger charge is -1.96. The van der Waals surface area contributed by atoms with Gasteiger partial charge in [-0.05, 0) is 22.9 Å². The van der Waals surface area contributed by atoms with Crippen LogP contribution in [0.25, 0.3) is 5.65 Å². The van der Waals surface area contributed by atoms with Crippen LogP contribution in [0.1, 0.15) is 19.5 Å². The molecular formula is C8H11BrN4. The van der Waals surface area contributed by atoms with E-state index in [0.717, 1.165) is 15.8 Å². The minimum Gasteiger partial charge on any atom is -0.271 e. The molecule has 0 saturated heterocycles. The van der Waals surface area contributed by atoms with E-state index in [1.807, 2.05) is 20.8 Å². The Bertz CT molecular complexity index is 396. The molecule has 2 aromatic rings. The van der Waals surface area contributed by atoms with Crippen molar-refractivity contribution in [3.05, 3.63) is 22.8 Å². The van der Waals surface area contributed by atoms with Gasteiger partial charge in [0.1, 0.15) is 12.7 Å². The zero-order valence-corrected chi connectivity index (χ0v) is 9.41. The molecule has 0 spiro atoms. The molecule has 0 N–H and O–H groups in total. The SMILES string of the molecule is CC.Cc1ncn2cnnc2c1Br. The fourth-order valence-electron chi connectivity index (χ4n) is 0.851. The van der Waals surface area contributed by atoms with Gasteiger partial charge in [0.05, 0.1) is 10.2 Å². The highest BCUT2D eigenvalue weighted by Gasteiger charge is 2.03. The lowest BCUT2D eigenvalue weighted by Crippen LogP contribution is -1.90. The Morgan fingerprint density at radius 2 is 2.00 bits per heavy atom. The molecule has 0 unspecified atom stereocenters. The topological polar surface area (TPSA) is 43.1 Å². The highest BCUT2D eigenvalue weighted by atomic mass is 79.9. The molecule has 0 aliphatic carbocycles. The molecule has 2 heterocycles. The largest absolute Gasteiger partial charge is 0.271 e. The van der Waals surface area contributed by atoms with Crippen LogP contribution >= 0.6 is 15.9 Å². The highest BCUT2D eigenvalue weighted by Crippen LogP contribution is 2.17. The minimum absolute atomic E-state index is 0.803. The van der Waals surface area contributed by atoms with Crippen molar-refractivity contribution >= 4 is 21.6 Å². The van der Waals surface area contributed by atoms with Gasteiger partial charge in [0.25, 0.3) is 0 Å². The average Bonchev–Trinajstić information content (AvgIpc) is 2.63. The molecule has 13 heavy (non-hydrogen) atoms. The van der Waals surface area contributed by atoms with Crippen LogP contribution in [0.3, 0.4) is 0 Å². The second kappa shape index (κ2) is 4.32.